The highest BCUT2D eigenvalue weighted by molar-refractivity contribution is 5.77. The number of carboxylic acids is 1. The Bertz CT molecular complexity index is 319. The smallest absolute Gasteiger partial charge is 0.345 e. The van der Waals surface area contributed by atoms with Gasteiger partial charge in [0.15, 0.2) is 6.10 Å². The predicted molar refractivity (Wildman–Crippen MR) is 68.5 cm³/mol. The minimum Gasteiger partial charge on any atom is -0.479 e. The molecule has 0 aromatic carbocycles. The molecule has 0 saturated carbocycles. The molecular weight excluding hydrogens is 270 g/mol. The molecular formula is C12H21NO7. The first-order valence-corrected chi connectivity index (χ1v) is 6.67. The number of nitrogens with zero attached hydrogens (tertiary/aromatic N) is 1. The fraction of sp³-hybridized carbons (Fsp3) is 0.833. The number of carbonyl (C=O) groups is 2. The normalized spacial score (nSPS) is 11.7. The highest BCUT2D eigenvalue weighted by atomic mass is 16.9. The van der Waals surface area contributed by atoms with E-state index in [1.54, 1.807) is 0 Å². The van der Waals surface area contributed by atoms with Gasteiger partial charge in [-0.25, -0.2) is 4.79 Å². The Morgan fingerprint density at radius 2 is 1.95 bits per heavy atom. The van der Waals surface area contributed by atoms with Crippen molar-refractivity contribution < 1.29 is 29.4 Å². The van der Waals surface area contributed by atoms with Gasteiger partial charge >= 0.3 is 11.9 Å². The van der Waals surface area contributed by atoms with Gasteiger partial charge in [0, 0.05) is 6.42 Å². The molecule has 1 N–H and O–H groups in total. The number of unbranched alkanes of at least 4 members (excludes halogenated alkanes) is 3. The van der Waals surface area contributed by atoms with Crippen molar-refractivity contribution in [2.45, 2.75) is 58.0 Å². The van der Waals surface area contributed by atoms with Crippen LogP contribution >= 0.6 is 0 Å². The van der Waals surface area contributed by atoms with Crippen molar-refractivity contribution in [2.24, 2.45) is 0 Å². The molecule has 0 amide bonds. The van der Waals surface area contributed by atoms with Gasteiger partial charge in [-0.2, -0.15) is 0 Å². The predicted octanol–water partition coefficient (Wildman–Crippen LogP) is 1.94. The van der Waals surface area contributed by atoms with Crippen LogP contribution in [-0.4, -0.2) is 34.8 Å². The molecule has 116 valence electrons. The monoisotopic (exact) mass is 291 g/mol. The summed E-state index contributed by atoms with van der Waals surface area (Å²) in [5.41, 5.74) is 0. The van der Waals surface area contributed by atoms with E-state index in [2.05, 4.69) is 4.84 Å². The van der Waals surface area contributed by atoms with Gasteiger partial charge in [-0.05, 0) is 25.7 Å². The lowest BCUT2D eigenvalue weighted by molar-refractivity contribution is -0.757. The standard InChI is InChI=1S/C12H21NO7/c1-2-3-7-10(12(15)16)20-11(14)8-5-4-6-9-19-13(17)18/h10H,2-9H2,1H3,(H,15,16). The van der Waals surface area contributed by atoms with Crippen molar-refractivity contribution in [3.63, 3.8) is 0 Å². The molecule has 0 aliphatic heterocycles. The van der Waals surface area contributed by atoms with Crippen molar-refractivity contribution in [2.75, 3.05) is 6.61 Å². The van der Waals surface area contributed by atoms with Gasteiger partial charge in [-0.3, -0.25) is 4.79 Å². The molecule has 0 aliphatic rings. The van der Waals surface area contributed by atoms with E-state index in [1.165, 1.54) is 0 Å². The Balaban J connectivity index is 3.74. The summed E-state index contributed by atoms with van der Waals surface area (Å²) >= 11 is 0. The average Bonchev–Trinajstić information content (AvgIpc) is 2.37. The molecule has 8 nitrogen and oxygen atoms in total. The van der Waals surface area contributed by atoms with Crippen LogP contribution in [-0.2, 0) is 19.2 Å². The molecule has 8 heteroatoms. The van der Waals surface area contributed by atoms with Gasteiger partial charge < -0.3 is 14.7 Å². The summed E-state index contributed by atoms with van der Waals surface area (Å²) in [5, 5.41) is 17.9. The molecule has 0 aliphatic carbocycles. The number of esters is 1. The zero-order valence-electron chi connectivity index (χ0n) is 11.6. The third-order valence-electron chi connectivity index (χ3n) is 2.59. The number of rotatable bonds is 12. The number of hydrogen-bond acceptors (Lipinski definition) is 6. The van der Waals surface area contributed by atoms with Crippen LogP contribution in [0.2, 0.25) is 0 Å². The highest BCUT2D eigenvalue weighted by Gasteiger charge is 2.21. The van der Waals surface area contributed by atoms with Crippen LogP contribution in [0.25, 0.3) is 0 Å². The number of hydrogen-bond donors (Lipinski definition) is 1. The fourth-order valence-corrected chi connectivity index (χ4v) is 1.53. The zero-order chi connectivity index (χ0) is 15.4. The van der Waals surface area contributed by atoms with Crippen LogP contribution in [0, 0.1) is 10.1 Å². The molecule has 0 aromatic rings. The van der Waals surface area contributed by atoms with Crippen molar-refractivity contribution in [3.8, 4) is 0 Å². The molecule has 0 aromatic heterocycles. The molecule has 1 unspecified atom stereocenters. The van der Waals surface area contributed by atoms with Crippen LogP contribution in [0.4, 0.5) is 0 Å². The van der Waals surface area contributed by atoms with Gasteiger partial charge in [-0.1, -0.05) is 19.8 Å². The molecule has 0 radical (unpaired) electrons. The molecule has 0 bridgehead atoms. The molecule has 0 spiro atoms. The van der Waals surface area contributed by atoms with Gasteiger partial charge in [0.25, 0.3) is 5.09 Å². The third kappa shape index (κ3) is 10.1. The minimum atomic E-state index is -1.13. The van der Waals surface area contributed by atoms with E-state index >= 15 is 0 Å². The zero-order valence-corrected chi connectivity index (χ0v) is 11.6. The maximum atomic E-state index is 11.4. The number of carboxylic acid groups (broad SMARTS) is 1. The lowest BCUT2D eigenvalue weighted by Gasteiger charge is -2.13. The van der Waals surface area contributed by atoms with Crippen LogP contribution in [0.15, 0.2) is 0 Å². The van der Waals surface area contributed by atoms with E-state index in [1.807, 2.05) is 6.92 Å². The quantitative estimate of drug-likeness (QED) is 0.253. The van der Waals surface area contributed by atoms with Crippen molar-refractivity contribution >= 4 is 11.9 Å². The second-order valence-electron chi connectivity index (χ2n) is 4.33. The number of ether oxygens (including phenoxy) is 1. The topological polar surface area (TPSA) is 116 Å². The first-order chi connectivity index (χ1) is 9.47. The summed E-state index contributed by atoms with van der Waals surface area (Å²) in [5.74, 6) is -1.69. The fourth-order valence-electron chi connectivity index (χ4n) is 1.53. The van der Waals surface area contributed by atoms with Gasteiger partial charge in [0.05, 0.1) is 6.61 Å². The number of carbonyl (C=O) groups excluding carboxylic acids is 1. The van der Waals surface area contributed by atoms with E-state index in [0.717, 1.165) is 6.42 Å². The van der Waals surface area contributed by atoms with E-state index in [9.17, 15) is 19.7 Å². The Morgan fingerprint density at radius 1 is 1.25 bits per heavy atom. The molecule has 20 heavy (non-hydrogen) atoms. The van der Waals surface area contributed by atoms with E-state index < -0.39 is 23.1 Å². The largest absolute Gasteiger partial charge is 0.479 e. The average molecular weight is 291 g/mol. The molecule has 1 atom stereocenters. The lowest BCUT2D eigenvalue weighted by atomic mass is 10.1. The van der Waals surface area contributed by atoms with Crippen LogP contribution in [0.1, 0.15) is 51.9 Å². The molecule has 0 fully saturated rings. The molecule has 0 saturated heterocycles. The summed E-state index contributed by atoms with van der Waals surface area (Å²) in [6.45, 7) is 1.92. The summed E-state index contributed by atoms with van der Waals surface area (Å²) in [4.78, 5) is 36.3. The first kappa shape index (κ1) is 18.1. The second kappa shape index (κ2) is 11.0. The van der Waals surface area contributed by atoms with E-state index in [4.69, 9.17) is 9.84 Å². The van der Waals surface area contributed by atoms with Gasteiger partial charge in [-0.15, -0.1) is 10.1 Å². The highest BCUT2D eigenvalue weighted by Crippen LogP contribution is 2.09. The van der Waals surface area contributed by atoms with Crippen molar-refractivity contribution in [1.82, 2.24) is 0 Å². The third-order valence-corrected chi connectivity index (χ3v) is 2.59. The Kier molecular flexibility index (Phi) is 9.98. The summed E-state index contributed by atoms with van der Waals surface area (Å²) in [7, 11) is 0. The lowest BCUT2D eigenvalue weighted by Crippen LogP contribution is -2.26. The van der Waals surface area contributed by atoms with E-state index in [0.29, 0.717) is 32.1 Å². The Morgan fingerprint density at radius 3 is 2.50 bits per heavy atom. The first-order valence-electron chi connectivity index (χ1n) is 6.67. The summed E-state index contributed by atoms with van der Waals surface area (Å²) in [6, 6.07) is 0. The van der Waals surface area contributed by atoms with Crippen LogP contribution in [0.5, 0.6) is 0 Å². The maximum absolute atomic E-state index is 11.4. The van der Waals surface area contributed by atoms with Gasteiger partial charge in [0.1, 0.15) is 0 Å². The molecule has 0 heterocycles. The summed E-state index contributed by atoms with van der Waals surface area (Å²) < 4.78 is 4.88. The summed E-state index contributed by atoms with van der Waals surface area (Å²) in [6.07, 6.45) is 2.38. The van der Waals surface area contributed by atoms with E-state index in [-0.39, 0.29) is 13.0 Å². The SMILES string of the molecule is CCCCC(OC(=O)CCCCCO[N+](=O)[O-])C(=O)O. The number of aliphatic carboxylic acids is 1. The van der Waals surface area contributed by atoms with Crippen molar-refractivity contribution in [1.29, 1.82) is 0 Å². The maximum Gasteiger partial charge on any atom is 0.345 e. The van der Waals surface area contributed by atoms with Crippen LogP contribution < -0.4 is 0 Å². The molecule has 0 rings (SSSR count). The van der Waals surface area contributed by atoms with Crippen molar-refractivity contribution in [3.05, 3.63) is 10.1 Å². The van der Waals surface area contributed by atoms with Gasteiger partial charge in [0.2, 0.25) is 0 Å². The second-order valence-corrected chi connectivity index (χ2v) is 4.33. The minimum absolute atomic E-state index is 0.00367. The Labute approximate surface area is 117 Å². The Hall–Kier alpha value is -1.86. The van der Waals surface area contributed by atoms with Crippen LogP contribution in [0.3, 0.4) is 0 Å².